The molecule has 0 aromatic rings. The highest BCUT2D eigenvalue weighted by Crippen LogP contribution is 2.35. The standard InChI is InChI=1S/C21H39O7P/c1-2-3-4-5-6-7-8-9-10-11-12-13-14-15-16-17-21(23)28-20(18-22)19-27-29(24,25)26/h6-7,9-10,20,22H,2-5,8,11-19H2,1H3,(H2,24,25,26)/b7-6+,10-9+. The van der Waals surface area contributed by atoms with Gasteiger partial charge in [-0.05, 0) is 38.5 Å². The van der Waals surface area contributed by atoms with Crippen LogP contribution in [0.3, 0.4) is 0 Å². The highest BCUT2D eigenvalue weighted by atomic mass is 31.2. The van der Waals surface area contributed by atoms with E-state index in [-0.39, 0.29) is 6.42 Å². The number of aliphatic hydroxyl groups excluding tert-OH is 1. The van der Waals surface area contributed by atoms with Crippen LogP contribution in [-0.2, 0) is 18.6 Å². The second-order valence-corrected chi connectivity index (χ2v) is 8.30. The number of hydrogen-bond donors (Lipinski definition) is 3. The second kappa shape index (κ2) is 19.0. The third-order valence-corrected chi connectivity index (χ3v) is 4.75. The van der Waals surface area contributed by atoms with Gasteiger partial charge in [-0.15, -0.1) is 0 Å². The van der Waals surface area contributed by atoms with Crippen LogP contribution in [0.4, 0.5) is 0 Å². The van der Waals surface area contributed by atoms with Crippen LogP contribution in [0.15, 0.2) is 24.3 Å². The summed E-state index contributed by atoms with van der Waals surface area (Å²) in [5, 5.41) is 9.06. The molecule has 0 bridgehead atoms. The summed E-state index contributed by atoms with van der Waals surface area (Å²) < 4.78 is 19.8. The Morgan fingerprint density at radius 2 is 1.52 bits per heavy atom. The molecule has 170 valence electrons. The predicted molar refractivity (Wildman–Crippen MR) is 114 cm³/mol. The summed E-state index contributed by atoms with van der Waals surface area (Å²) in [6, 6.07) is 0. The molecule has 1 atom stereocenters. The van der Waals surface area contributed by atoms with Crippen molar-refractivity contribution in [3.8, 4) is 0 Å². The van der Waals surface area contributed by atoms with Gasteiger partial charge in [-0.1, -0.05) is 63.3 Å². The zero-order valence-electron chi connectivity index (χ0n) is 17.7. The lowest BCUT2D eigenvalue weighted by atomic mass is 10.1. The van der Waals surface area contributed by atoms with Gasteiger partial charge in [-0.2, -0.15) is 0 Å². The van der Waals surface area contributed by atoms with Gasteiger partial charge in [-0.25, -0.2) is 4.57 Å². The Morgan fingerprint density at radius 3 is 2.10 bits per heavy atom. The molecule has 0 aromatic heterocycles. The average molecular weight is 435 g/mol. The molecular weight excluding hydrogens is 395 g/mol. The summed E-state index contributed by atoms with van der Waals surface area (Å²) in [5.74, 6) is -0.496. The topological polar surface area (TPSA) is 113 Å². The van der Waals surface area contributed by atoms with E-state index in [1.54, 1.807) is 0 Å². The Morgan fingerprint density at radius 1 is 0.931 bits per heavy atom. The van der Waals surface area contributed by atoms with Crippen molar-refractivity contribution in [2.45, 2.75) is 90.1 Å². The lowest BCUT2D eigenvalue weighted by Gasteiger charge is -2.15. The maximum atomic E-state index is 11.7. The summed E-state index contributed by atoms with van der Waals surface area (Å²) in [5.41, 5.74) is 0. The third-order valence-electron chi connectivity index (χ3n) is 4.26. The number of esters is 1. The van der Waals surface area contributed by atoms with Gasteiger partial charge >= 0.3 is 13.8 Å². The number of carbonyl (C=O) groups excluding carboxylic acids is 1. The summed E-state index contributed by atoms with van der Waals surface area (Å²) in [4.78, 5) is 28.9. The van der Waals surface area contributed by atoms with Gasteiger partial charge in [0.25, 0.3) is 0 Å². The van der Waals surface area contributed by atoms with Gasteiger partial charge in [0.05, 0.1) is 13.2 Å². The lowest BCUT2D eigenvalue weighted by molar-refractivity contribution is -0.153. The SMILES string of the molecule is CCCCC/C=C/C/C=C/CCCCCCCC(=O)OC(CO)COP(=O)(O)O. The monoisotopic (exact) mass is 434 g/mol. The van der Waals surface area contributed by atoms with Crippen molar-refractivity contribution in [1.82, 2.24) is 0 Å². The molecule has 0 saturated heterocycles. The number of carbonyl (C=O) groups is 1. The fourth-order valence-corrected chi connectivity index (χ4v) is 2.99. The number of rotatable bonds is 19. The van der Waals surface area contributed by atoms with Gasteiger partial charge in [0.1, 0.15) is 6.10 Å². The highest BCUT2D eigenvalue weighted by Gasteiger charge is 2.20. The molecule has 0 saturated carbocycles. The molecule has 0 aliphatic heterocycles. The van der Waals surface area contributed by atoms with E-state index in [0.717, 1.165) is 38.5 Å². The van der Waals surface area contributed by atoms with Crippen molar-refractivity contribution in [2.75, 3.05) is 13.2 Å². The summed E-state index contributed by atoms with van der Waals surface area (Å²) in [7, 11) is -4.64. The van der Waals surface area contributed by atoms with Gasteiger partial charge in [-0.3, -0.25) is 9.32 Å². The van der Waals surface area contributed by atoms with Crippen LogP contribution in [0.2, 0.25) is 0 Å². The molecule has 7 nitrogen and oxygen atoms in total. The maximum Gasteiger partial charge on any atom is 0.469 e. The third kappa shape index (κ3) is 21.5. The van der Waals surface area contributed by atoms with Gasteiger partial charge in [0.15, 0.2) is 0 Å². The van der Waals surface area contributed by atoms with Crippen molar-refractivity contribution in [3.63, 3.8) is 0 Å². The first-order valence-electron chi connectivity index (χ1n) is 10.7. The smallest absolute Gasteiger partial charge is 0.457 e. The van der Waals surface area contributed by atoms with Gasteiger partial charge < -0.3 is 19.6 Å². The first-order chi connectivity index (χ1) is 13.9. The van der Waals surface area contributed by atoms with E-state index in [1.807, 2.05) is 0 Å². The number of ether oxygens (including phenoxy) is 1. The molecule has 8 heteroatoms. The molecular formula is C21H39O7P. The van der Waals surface area contributed by atoms with E-state index in [2.05, 4.69) is 35.8 Å². The first-order valence-corrected chi connectivity index (χ1v) is 12.2. The largest absolute Gasteiger partial charge is 0.469 e. The molecule has 0 aliphatic rings. The molecule has 3 N–H and O–H groups in total. The number of hydrogen-bond acceptors (Lipinski definition) is 5. The van der Waals surface area contributed by atoms with Crippen LogP contribution in [0.1, 0.15) is 84.0 Å². The molecule has 0 heterocycles. The Balaban J connectivity index is 3.56. The van der Waals surface area contributed by atoms with Crippen molar-refractivity contribution < 1.29 is 33.5 Å². The Labute approximate surface area is 175 Å². The number of aliphatic hydroxyl groups is 1. The highest BCUT2D eigenvalue weighted by molar-refractivity contribution is 7.46. The van der Waals surface area contributed by atoms with E-state index in [0.29, 0.717) is 6.42 Å². The zero-order valence-corrected chi connectivity index (χ0v) is 18.6. The molecule has 29 heavy (non-hydrogen) atoms. The van der Waals surface area contributed by atoms with Crippen molar-refractivity contribution >= 4 is 13.8 Å². The van der Waals surface area contributed by atoms with E-state index >= 15 is 0 Å². The van der Waals surface area contributed by atoms with E-state index in [4.69, 9.17) is 19.6 Å². The van der Waals surface area contributed by atoms with Crippen LogP contribution < -0.4 is 0 Å². The minimum Gasteiger partial charge on any atom is -0.457 e. The minimum absolute atomic E-state index is 0.219. The lowest BCUT2D eigenvalue weighted by Crippen LogP contribution is -2.26. The molecule has 0 aromatic carbocycles. The zero-order chi connectivity index (χ0) is 21.8. The Hall–Kier alpha value is -0.980. The summed E-state index contributed by atoms with van der Waals surface area (Å²) in [6.45, 7) is 1.13. The Bertz CT molecular complexity index is 499. The number of phosphoric acid groups is 1. The molecule has 0 fully saturated rings. The molecule has 1 unspecified atom stereocenters. The van der Waals surface area contributed by atoms with Crippen LogP contribution in [-0.4, -0.2) is 40.2 Å². The van der Waals surface area contributed by atoms with Crippen molar-refractivity contribution in [2.24, 2.45) is 0 Å². The van der Waals surface area contributed by atoms with E-state index in [1.165, 1.54) is 25.7 Å². The maximum absolute atomic E-state index is 11.7. The van der Waals surface area contributed by atoms with E-state index in [9.17, 15) is 9.36 Å². The molecule has 0 aliphatic carbocycles. The van der Waals surface area contributed by atoms with Crippen LogP contribution >= 0.6 is 7.82 Å². The summed E-state index contributed by atoms with van der Waals surface area (Å²) >= 11 is 0. The Kier molecular flexibility index (Phi) is 18.4. The summed E-state index contributed by atoms with van der Waals surface area (Å²) in [6.07, 6.45) is 20.1. The normalized spacial score (nSPS) is 13.4. The molecule has 0 radical (unpaired) electrons. The predicted octanol–water partition coefficient (Wildman–Crippen LogP) is 4.81. The number of phosphoric ester groups is 1. The first kappa shape index (κ1) is 28.0. The van der Waals surface area contributed by atoms with Crippen molar-refractivity contribution in [1.29, 1.82) is 0 Å². The molecule has 0 rings (SSSR count). The van der Waals surface area contributed by atoms with Gasteiger partial charge in [0.2, 0.25) is 0 Å². The fourth-order valence-electron chi connectivity index (χ4n) is 2.63. The number of unbranched alkanes of at least 4 members (excludes halogenated alkanes) is 8. The van der Waals surface area contributed by atoms with Crippen LogP contribution in [0.25, 0.3) is 0 Å². The number of allylic oxidation sites excluding steroid dienone is 4. The van der Waals surface area contributed by atoms with Gasteiger partial charge in [0, 0.05) is 6.42 Å². The average Bonchev–Trinajstić information content (AvgIpc) is 2.67. The second-order valence-electron chi connectivity index (χ2n) is 7.06. The molecule has 0 spiro atoms. The van der Waals surface area contributed by atoms with Crippen LogP contribution in [0, 0.1) is 0 Å². The minimum atomic E-state index is -4.64. The fraction of sp³-hybridized carbons (Fsp3) is 0.762. The van der Waals surface area contributed by atoms with E-state index < -0.39 is 33.1 Å². The van der Waals surface area contributed by atoms with Crippen molar-refractivity contribution in [3.05, 3.63) is 24.3 Å². The quantitative estimate of drug-likeness (QED) is 0.116. The molecule has 0 amide bonds. The van der Waals surface area contributed by atoms with Crippen LogP contribution in [0.5, 0.6) is 0 Å².